The topological polar surface area (TPSA) is 49.8 Å². The van der Waals surface area contributed by atoms with Gasteiger partial charge in [-0.25, -0.2) is 0 Å². The van der Waals surface area contributed by atoms with E-state index in [4.69, 9.17) is 9.84 Å². The van der Waals surface area contributed by atoms with Crippen molar-refractivity contribution in [2.75, 3.05) is 26.8 Å². The predicted molar refractivity (Wildman–Crippen MR) is 75.9 cm³/mol. The van der Waals surface area contributed by atoms with E-state index in [2.05, 4.69) is 0 Å². The third-order valence-electron chi connectivity index (χ3n) is 3.12. The molecule has 0 fully saturated rings. The van der Waals surface area contributed by atoms with Crippen LogP contribution in [0.4, 0.5) is 0 Å². The molecule has 19 heavy (non-hydrogen) atoms. The maximum atomic E-state index is 12.3. The number of rotatable bonds is 7. The number of aliphatic hydroxyl groups excluding tert-OH is 1. The molecule has 4 heteroatoms. The Balaban J connectivity index is 2.88. The van der Waals surface area contributed by atoms with Gasteiger partial charge in [-0.1, -0.05) is 6.07 Å². The monoisotopic (exact) mass is 265 g/mol. The Morgan fingerprint density at radius 3 is 2.63 bits per heavy atom. The van der Waals surface area contributed by atoms with Crippen LogP contribution in [0.3, 0.4) is 0 Å². The average molecular weight is 265 g/mol. The molecule has 0 radical (unpaired) electrons. The summed E-state index contributed by atoms with van der Waals surface area (Å²) in [6, 6.07) is 5.78. The number of hydrogen-bond acceptors (Lipinski definition) is 4. The van der Waals surface area contributed by atoms with Crippen LogP contribution in [-0.2, 0) is 0 Å². The first kappa shape index (κ1) is 15.7. The number of ketones is 1. The van der Waals surface area contributed by atoms with Crippen molar-refractivity contribution in [2.24, 2.45) is 0 Å². The van der Waals surface area contributed by atoms with Crippen LogP contribution in [0.1, 0.15) is 29.8 Å². The Labute approximate surface area is 115 Å². The third kappa shape index (κ3) is 4.33. The molecule has 1 rings (SSSR count). The third-order valence-corrected chi connectivity index (χ3v) is 3.12. The Bertz CT molecular complexity index is 429. The van der Waals surface area contributed by atoms with Gasteiger partial charge in [-0.15, -0.1) is 0 Å². The lowest BCUT2D eigenvalue weighted by molar-refractivity contribution is 0.0878. The van der Waals surface area contributed by atoms with Crippen LogP contribution >= 0.6 is 0 Å². The van der Waals surface area contributed by atoms with E-state index in [1.807, 2.05) is 37.8 Å². The Morgan fingerprint density at radius 2 is 2.11 bits per heavy atom. The number of ether oxygens (including phenoxy) is 1. The lowest BCUT2D eigenvalue weighted by Gasteiger charge is -2.25. The van der Waals surface area contributed by atoms with Gasteiger partial charge in [0.25, 0.3) is 0 Å². The summed E-state index contributed by atoms with van der Waals surface area (Å²) in [6.45, 7) is 6.82. The van der Waals surface area contributed by atoms with Crippen LogP contribution in [-0.4, -0.2) is 48.6 Å². The van der Waals surface area contributed by atoms with Gasteiger partial charge in [0, 0.05) is 12.6 Å². The van der Waals surface area contributed by atoms with Crippen molar-refractivity contribution in [2.45, 2.75) is 26.8 Å². The number of aryl methyl sites for hydroxylation is 1. The molecule has 0 spiro atoms. The maximum absolute atomic E-state index is 12.3. The molecule has 0 aliphatic heterocycles. The van der Waals surface area contributed by atoms with Gasteiger partial charge in [-0.05, 0) is 38.5 Å². The van der Waals surface area contributed by atoms with Gasteiger partial charge in [0.1, 0.15) is 5.75 Å². The molecule has 4 nitrogen and oxygen atoms in total. The minimum absolute atomic E-state index is 0.0130. The standard InChI is InChI=1S/C15H23NO3/c1-11(2)16(7-8-17)10-14(18)13-6-5-12(3)9-15(13)19-4/h5-6,9,11,17H,7-8,10H2,1-4H3. The molecule has 0 aliphatic rings. The van der Waals surface area contributed by atoms with Gasteiger partial charge in [0.15, 0.2) is 5.78 Å². The highest BCUT2D eigenvalue weighted by atomic mass is 16.5. The molecule has 0 bridgehead atoms. The van der Waals surface area contributed by atoms with Crippen LogP contribution in [0.2, 0.25) is 0 Å². The summed E-state index contributed by atoms with van der Waals surface area (Å²) in [5, 5.41) is 9.03. The summed E-state index contributed by atoms with van der Waals surface area (Å²) in [4.78, 5) is 14.3. The van der Waals surface area contributed by atoms with Gasteiger partial charge in [0.05, 0.1) is 25.8 Å². The molecule has 0 saturated heterocycles. The van der Waals surface area contributed by atoms with Gasteiger partial charge in [-0.2, -0.15) is 0 Å². The van der Waals surface area contributed by atoms with Crippen LogP contribution < -0.4 is 4.74 Å². The molecule has 106 valence electrons. The van der Waals surface area contributed by atoms with E-state index in [9.17, 15) is 4.79 Å². The maximum Gasteiger partial charge on any atom is 0.180 e. The van der Waals surface area contributed by atoms with Gasteiger partial charge in [-0.3, -0.25) is 9.69 Å². The minimum atomic E-state index is 0.0130. The largest absolute Gasteiger partial charge is 0.496 e. The fourth-order valence-electron chi connectivity index (χ4n) is 1.95. The molecule has 0 heterocycles. The summed E-state index contributed by atoms with van der Waals surface area (Å²) >= 11 is 0. The molecule has 0 amide bonds. The number of hydrogen-bond donors (Lipinski definition) is 1. The lowest BCUT2D eigenvalue weighted by atomic mass is 10.1. The quantitative estimate of drug-likeness (QED) is 0.765. The fraction of sp³-hybridized carbons (Fsp3) is 0.533. The van der Waals surface area contributed by atoms with Gasteiger partial charge in [0.2, 0.25) is 0 Å². The highest BCUT2D eigenvalue weighted by molar-refractivity contribution is 6.00. The van der Waals surface area contributed by atoms with Crippen molar-refractivity contribution in [3.05, 3.63) is 29.3 Å². The van der Waals surface area contributed by atoms with E-state index in [1.54, 1.807) is 13.2 Å². The predicted octanol–water partition coefficient (Wildman–Crippen LogP) is 1.89. The first-order valence-electron chi connectivity index (χ1n) is 6.52. The van der Waals surface area contributed by atoms with E-state index < -0.39 is 0 Å². The average Bonchev–Trinajstić information content (AvgIpc) is 2.37. The number of methoxy groups -OCH3 is 1. The van der Waals surface area contributed by atoms with Gasteiger partial charge < -0.3 is 9.84 Å². The van der Waals surface area contributed by atoms with Crippen molar-refractivity contribution >= 4 is 5.78 Å². The molecule has 0 atom stereocenters. The summed E-state index contributed by atoms with van der Waals surface area (Å²) in [5.41, 5.74) is 1.65. The van der Waals surface area contributed by atoms with Crippen molar-refractivity contribution in [1.29, 1.82) is 0 Å². The van der Waals surface area contributed by atoms with Gasteiger partial charge >= 0.3 is 0 Å². The molecular formula is C15H23NO3. The molecule has 0 unspecified atom stereocenters. The number of carbonyl (C=O) groups is 1. The number of benzene rings is 1. The Hall–Kier alpha value is -1.39. The number of nitrogens with zero attached hydrogens (tertiary/aromatic N) is 1. The van der Waals surface area contributed by atoms with E-state index in [0.717, 1.165) is 5.56 Å². The number of aliphatic hydroxyl groups is 1. The molecule has 1 aromatic rings. The number of Topliss-reactive ketones (excluding diaryl/α,β-unsaturated/α-hetero) is 1. The van der Waals surface area contributed by atoms with Crippen molar-refractivity contribution < 1.29 is 14.6 Å². The molecule has 0 saturated carbocycles. The Morgan fingerprint density at radius 1 is 1.42 bits per heavy atom. The molecule has 0 aromatic heterocycles. The van der Waals surface area contributed by atoms with Crippen molar-refractivity contribution in [1.82, 2.24) is 4.90 Å². The van der Waals surface area contributed by atoms with E-state index in [0.29, 0.717) is 17.9 Å². The van der Waals surface area contributed by atoms with Crippen LogP contribution in [0.15, 0.2) is 18.2 Å². The zero-order valence-corrected chi connectivity index (χ0v) is 12.1. The second kappa shape index (κ2) is 7.26. The number of carbonyl (C=O) groups excluding carboxylic acids is 1. The molecular weight excluding hydrogens is 242 g/mol. The zero-order chi connectivity index (χ0) is 14.4. The van der Waals surface area contributed by atoms with E-state index in [1.165, 1.54) is 0 Å². The van der Waals surface area contributed by atoms with Crippen molar-refractivity contribution in [3.63, 3.8) is 0 Å². The lowest BCUT2D eigenvalue weighted by Crippen LogP contribution is -2.37. The smallest absolute Gasteiger partial charge is 0.180 e. The summed E-state index contributed by atoms with van der Waals surface area (Å²) in [7, 11) is 1.57. The molecule has 1 N–H and O–H groups in total. The highest BCUT2D eigenvalue weighted by Crippen LogP contribution is 2.21. The molecule has 0 aliphatic carbocycles. The van der Waals surface area contributed by atoms with Crippen molar-refractivity contribution in [3.8, 4) is 5.75 Å². The first-order chi connectivity index (χ1) is 8.99. The highest BCUT2D eigenvalue weighted by Gasteiger charge is 2.17. The fourth-order valence-corrected chi connectivity index (χ4v) is 1.95. The minimum Gasteiger partial charge on any atom is -0.496 e. The second-order valence-electron chi connectivity index (χ2n) is 4.91. The van der Waals surface area contributed by atoms with E-state index >= 15 is 0 Å². The summed E-state index contributed by atoms with van der Waals surface area (Å²) in [6.07, 6.45) is 0. The van der Waals surface area contributed by atoms with E-state index in [-0.39, 0.29) is 25.0 Å². The van der Waals surface area contributed by atoms with Crippen LogP contribution in [0.25, 0.3) is 0 Å². The molecule has 1 aromatic carbocycles. The Kier molecular flexibility index (Phi) is 5.99. The second-order valence-corrected chi connectivity index (χ2v) is 4.91. The first-order valence-corrected chi connectivity index (χ1v) is 6.52. The SMILES string of the molecule is COc1cc(C)ccc1C(=O)CN(CCO)C(C)C. The van der Waals surface area contributed by atoms with Crippen LogP contribution in [0.5, 0.6) is 5.75 Å². The van der Waals surface area contributed by atoms with Crippen LogP contribution in [0, 0.1) is 6.92 Å². The summed E-state index contributed by atoms with van der Waals surface area (Å²) < 4.78 is 5.26. The normalized spacial score (nSPS) is 11.1. The summed E-state index contributed by atoms with van der Waals surface area (Å²) in [5.74, 6) is 0.622. The zero-order valence-electron chi connectivity index (χ0n) is 12.1.